The van der Waals surface area contributed by atoms with Crippen molar-refractivity contribution in [2.24, 2.45) is 0 Å². The number of carbonyl (C=O) groups is 1. The van der Waals surface area contributed by atoms with Gasteiger partial charge in [0.2, 0.25) is 0 Å². The Balaban J connectivity index is 1.81. The number of aromatic nitrogens is 4. The van der Waals surface area contributed by atoms with Crippen molar-refractivity contribution in [2.45, 2.75) is 31.6 Å². The number of rotatable bonds is 7. The maximum Gasteiger partial charge on any atom is 0.264 e. The molecule has 0 saturated carbocycles. The molecule has 2 aromatic heterocycles. The van der Waals surface area contributed by atoms with Gasteiger partial charge in [-0.1, -0.05) is 12.1 Å². The summed E-state index contributed by atoms with van der Waals surface area (Å²) in [6, 6.07) is 10.7. The zero-order valence-corrected chi connectivity index (χ0v) is 18.1. The molecule has 0 bridgehead atoms. The summed E-state index contributed by atoms with van der Waals surface area (Å²) in [5, 5.41) is 16.7. The van der Waals surface area contributed by atoms with Crippen LogP contribution in [-0.2, 0) is 21.2 Å². The lowest BCUT2D eigenvalue weighted by atomic mass is 10.1. The second-order valence-electron chi connectivity index (χ2n) is 7.44. The van der Waals surface area contributed by atoms with Gasteiger partial charge in [-0.2, -0.15) is 0 Å². The highest BCUT2D eigenvalue weighted by molar-refractivity contribution is 7.92. The van der Waals surface area contributed by atoms with Gasteiger partial charge in [-0.25, -0.2) is 13.9 Å². The summed E-state index contributed by atoms with van der Waals surface area (Å²) in [7, 11) is -3.83. The molecular formula is C20H23N5O5S. The minimum Gasteiger partial charge on any atom is -0.315 e. The number of benzene rings is 1. The van der Waals surface area contributed by atoms with Gasteiger partial charge in [0.15, 0.2) is 14.6 Å². The molecule has 1 atom stereocenters. The second kappa shape index (κ2) is 8.44. The molecule has 2 heterocycles. The first-order valence-electron chi connectivity index (χ1n) is 9.39. The Morgan fingerprint density at radius 1 is 1.19 bits per heavy atom. The number of carbonyl (C=O) groups excluding carboxylic acids is 1. The topological polar surface area (TPSA) is 136 Å². The van der Waals surface area contributed by atoms with Gasteiger partial charge in [-0.05, 0) is 49.6 Å². The van der Waals surface area contributed by atoms with E-state index in [1.54, 1.807) is 18.6 Å². The molecule has 3 rings (SSSR count). The summed E-state index contributed by atoms with van der Waals surface area (Å²) in [4.78, 5) is 24.5. The first kappa shape index (κ1) is 22.4. The number of nitrogens with zero attached hydrogens (tertiary/aromatic N) is 4. The highest BCUT2D eigenvalue weighted by atomic mass is 32.2. The molecule has 11 heteroatoms. The average molecular weight is 446 g/mol. The van der Waals surface area contributed by atoms with Crippen LogP contribution in [0.4, 0.5) is 0 Å². The molecule has 31 heavy (non-hydrogen) atoms. The Hall–Kier alpha value is -3.31. The minimum absolute atomic E-state index is 0.0120. The van der Waals surface area contributed by atoms with Gasteiger partial charge in [0, 0.05) is 30.8 Å². The third kappa shape index (κ3) is 4.42. The Bertz CT molecular complexity index is 1260. The predicted octanol–water partition coefficient (Wildman–Crippen LogP) is 1.10. The molecule has 0 fully saturated rings. The van der Waals surface area contributed by atoms with Crippen LogP contribution in [0.5, 0.6) is 0 Å². The van der Waals surface area contributed by atoms with Crippen molar-refractivity contribution in [1.29, 1.82) is 0 Å². The highest BCUT2D eigenvalue weighted by Gasteiger charge is 2.43. The van der Waals surface area contributed by atoms with E-state index in [9.17, 15) is 18.0 Å². The van der Waals surface area contributed by atoms with E-state index in [0.717, 1.165) is 23.3 Å². The van der Waals surface area contributed by atoms with Gasteiger partial charge in [0.25, 0.3) is 11.5 Å². The fourth-order valence-electron chi connectivity index (χ4n) is 3.15. The molecule has 0 spiro atoms. The van der Waals surface area contributed by atoms with Crippen molar-refractivity contribution >= 4 is 15.7 Å². The first-order valence-corrected chi connectivity index (χ1v) is 11.3. The summed E-state index contributed by atoms with van der Waals surface area (Å²) in [6.07, 6.45) is 3.91. The van der Waals surface area contributed by atoms with Gasteiger partial charge >= 0.3 is 0 Å². The second-order valence-corrected chi connectivity index (χ2v) is 9.88. The van der Waals surface area contributed by atoms with E-state index in [1.165, 1.54) is 23.0 Å². The number of sulfone groups is 1. The van der Waals surface area contributed by atoms with Crippen LogP contribution >= 0.6 is 0 Å². The molecule has 0 aliphatic carbocycles. The Morgan fingerprint density at radius 2 is 1.87 bits per heavy atom. The van der Waals surface area contributed by atoms with E-state index >= 15 is 0 Å². The van der Waals surface area contributed by atoms with Crippen LogP contribution in [0.3, 0.4) is 0 Å². The summed E-state index contributed by atoms with van der Waals surface area (Å²) in [5.74, 6) is -0.283. The molecule has 0 saturated heterocycles. The fraction of sp³-hybridized carbons (Fsp3) is 0.300. The van der Waals surface area contributed by atoms with Crippen molar-refractivity contribution in [2.75, 3.05) is 6.26 Å². The zero-order valence-electron chi connectivity index (χ0n) is 17.3. The Labute approximate surface area is 179 Å². The van der Waals surface area contributed by atoms with Crippen LogP contribution in [-0.4, -0.2) is 49.9 Å². The molecular weight excluding hydrogens is 422 g/mol. The molecule has 1 amide bonds. The van der Waals surface area contributed by atoms with Crippen LogP contribution in [0.25, 0.3) is 16.8 Å². The number of nitrogens with one attached hydrogen (secondary N) is 1. The number of hydrogen-bond donors (Lipinski definition) is 2. The average Bonchev–Trinajstić information content (AvgIpc) is 3.17. The third-order valence-corrected chi connectivity index (χ3v) is 7.45. The lowest BCUT2D eigenvalue weighted by molar-refractivity contribution is -0.131. The number of amides is 1. The van der Waals surface area contributed by atoms with Crippen LogP contribution in [0.2, 0.25) is 0 Å². The lowest BCUT2D eigenvalue weighted by Crippen LogP contribution is -2.49. The predicted molar refractivity (Wildman–Crippen MR) is 114 cm³/mol. The number of pyridine rings is 1. The van der Waals surface area contributed by atoms with Crippen molar-refractivity contribution in [3.63, 3.8) is 0 Å². The Kier molecular flexibility index (Phi) is 6.09. The highest BCUT2D eigenvalue weighted by Crippen LogP contribution is 2.23. The SMILES string of the molecule is Cc1nncn1-c1ccc(-c2ccn(CCC(C)(C(=O)NO)S(C)(=O)=O)c(=O)c2)cc1. The van der Waals surface area contributed by atoms with Gasteiger partial charge < -0.3 is 4.57 Å². The normalized spacial score (nSPS) is 13.5. The van der Waals surface area contributed by atoms with Gasteiger partial charge in [-0.15, -0.1) is 10.2 Å². The van der Waals surface area contributed by atoms with E-state index < -0.39 is 20.5 Å². The molecule has 2 N–H and O–H groups in total. The minimum atomic E-state index is -3.83. The van der Waals surface area contributed by atoms with Gasteiger partial charge in [0.05, 0.1) is 0 Å². The smallest absolute Gasteiger partial charge is 0.264 e. The largest absolute Gasteiger partial charge is 0.315 e. The summed E-state index contributed by atoms with van der Waals surface area (Å²) in [5.41, 5.74) is 3.48. The summed E-state index contributed by atoms with van der Waals surface area (Å²) < 4.78 is 25.4. The van der Waals surface area contributed by atoms with Crippen molar-refractivity contribution < 1.29 is 18.4 Å². The van der Waals surface area contributed by atoms with Crippen LogP contribution in [0.15, 0.2) is 53.7 Å². The number of hydroxylamine groups is 1. The van der Waals surface area contributed by atoms with E-state index in [1.807, 2.05) is 35.8 Å². The Morgan fingerprint density at radius 3 is 2.39 bits per heavy atom. The first-order chi connectivity index (χ1) is 14.6. The fourth-order valence-corrected chi connectivity index (χ4v) is 4.00. The van der Waals surface area contributed by atoms with Crippen molar-refractivity contribution in [3.05, 3.63) is 65.1 Å². The third-order valence-electron chi connectivity index (χ3n) is 5.42. The van der Waals surface area contributed by atoms with E-state index in [2.05, 4.69) is 10.2 Å². The lowest BCUT2D eigenvalue weighted by Gasteiger charge is -2.25. The molecule has 0 aliphatic rings. The van der Waals surface area contributed by atoms with Gasteiger partial charge in [-0.3, -0.25) is 19.4 Å². The standard InChI is InChI=1S/C20H23N5O5S/c1-14-22-21-13-25(14)17-6-4-15(5-7-17)16-8-10-24(18(26)12-16)11-9-20(2,19(27)23-28)31(3,29)30/h4-8,10,12-13,28H,9,11H2,1-3H3,(H,23,27). The van der Waals surface area contributed by atoms with Crippen LogP contribution < -0.4 is 11.0 Å². The maximum absolute atomic E-state index is 12.6. The molecule has 10 nitrogen and oxygen atoms in total. The molecule has 164 valence electrons. The molecule has 0 radical (unpaired) electrons. The quantitative estimate of drug-likeness (QED) is 0.410. The summed E-state index contributed by atoms with van der Waals surface area (Å²) in [6.45, 7) is 3.05. The molecule has 1 unspecified atom stereocenters. The number of aryl methyl sites for hydroxylation is 2. The number of hydrogen-bond acceptors (Lipinski definition) is 7. The van der Waals surface area contributed by atoms with Crippen LogP contribution in [0.1, 0.15) is 19.2 Å². The molecule has 1 aromatic carbocycles. The van der Waals surface area contributed by atoms with Crippen LogP contribution in [0, 0.1) is 6.92 Å². The molecule has 0 aliphatic heterocycles. The van der Waals surface area contributed by atoms with Gasteiger partial charge in [0.1, 0.15) is 12.2 Å². The van der Waals surface area contributed by atoms with E-state index in [-0.39, 0.29) is 18.5 Å². The van der Waals surface area contributed by atoms with Crippen molar-refractivity contribution in [1.82, 2.24) is 24.8 Å². The maximum atomic E-state index is 12.6. The summed E-state index contributed by atoms with van der Waals surface area (Å²) >= 11 is 0. The van der Waals surface area contributed by atoms with E-state index in [0.29, 0.717) is 5.56 Å². The zero-order chi connectivity index (χ0) is 22.8. The molecule has 3 aromatic rings. The van der Waals surface area contributed by atoms with E-state index in [4.69, 9.17) is 5.21 Å². The van der Waals surface area contributed by atoms with Crippen molar-refractivity contribution in [3.8, 4) is 16.8 Å². The monoisotopic (exact) mass is 445 g/mol.